The van der Waals surface area contributed by atoms with E-state index in [0.717, 1.165) is 18.1 Å². The summed E-state index contributed by atoms with van der Waals surface area (Å²) in [7, 11) is 0. The van der Waals surface area contributed by atoms with Crippen molar-refractivity contribution in [2.75, 3.05) is 11.1 Å². The third-order valence-corrected chi connectivity index (χ3v) is 3.37. The Morgan fingerprint density at radius 1 is 1.24 bits per heavy atom. The Kier molecular flexibility index (Phi) is 4.42. The van der Waals surface area contributed by atoms with Crippen LogP contribution in [-0.4, -0.2) is 5.91 Å². The van der Waals surface area contributed by atoms with E-state index in [2.05, 4.69) is 12.2 Å². The van der Waals surface area contributed by atoms with Crippen molar-refractivity contribution in [2.24, 2.45) is 5.73 Å². The standard InChI is InChI=1S/C16H18FN3O/c1-2-10-5-3-4-6-11(10)9-20-15-7-12(16(19)21)14(18)8-13(15)17/h3-8,20H,2,9,18H2,1H3,(H2,19,21). The second-order valence-electron chi connectivity index (χ2n) is 4.76. The number of anilines is 2. The van der Waals surface area contributed by atoms with Gasteiger partial charge in [0.1, 0.15) is 5.82 Å². The lowest BCUT2D eigenvalue weighted by molar-refractivity contribution is 0.100. The van der Waals surface area contributed by atoms with Crippen LogP contribution in [0.3, 0.4) is 0 Å². The second kappa shape index (κ2) is 6.26. The zero-order valence-electron chi connectivity index (χ0n) is 11.8. The number of nitrogen functional groups attached to an aromatic ring is 1. The van der Waals surface area contributed by atoms with Crippen molar-refractivity contribution in [1.29, 1.82) is 0 Å². The summed E-state index contributed by atoms with van der Waals surface area (Å²) in [5.74, 6) is -1.18. The van der Waals surface area contributed by atoms with Crippen molar-refractivity contribution in [2.45, 2.75) is 19.9 Å². The van der Waals surface area contributed by atoms with Gasteiger partial charge >= 0.3 is 0 Å². The molecule has 2 aromatic carbocycles. The summed E-state index contributed by atoms with van der Waals surface area (Å²) in [6.07, 6.45) is 0.897. The molecule has 4 nitrogen and oxygen atoms in total. The minimum Gasteiger partial charge on any atom is -0.398 e. The third-order valence-electron chi connectivity index (χ3n) is 3.37. The first-order valence-corrected chi connectivity index (χ1v) is 6.72. The summed E-state index contributed by atoms with van der Waals surface area (Å²) in [4.78, 5) is 11.3. The van der Waals surface area contributed by atoms with E-state index in [4.69, 9.17) is 11.5 Å². The number of hydrogen-bond donors (Lipinski definition) is 3. The number of rotatable bonds is 5. The van der Waals surface area contributed by atoms with Crippen LogP contribution < -0.4 is 16.8 Å². The number of amides is 1. The van der Waals surface area contributed by atoms with Crippen molar-refractivity contribution in [3.8, 4) is 0 Å². The molecule has 0 atom stereocenters. The average Bonchev–Trinajstić information content (AvgIpc) is 2.46. The molecule has 0 radical (unpaired) electrons. The first-order valence-electron chi connectivity index (χ1n) is 6.72. The Morgan fingerprint density at radius 2 is 1.90 bits per heavy atom. The van der Waals surface area contributed by atoms with Gasteiger partial charge < -0.3 is 16.8 Å². The van der Waals surface area contributed by atoms with Gasteiger partial charge in [-0.25, -0.2) is 4.39 Å². The zero-order valence-corrected chi connectivity index (χ0v) is 11.8. The molecule has 5 N–H and O–H groups in total. The number of carbonyl (C=O) groups excluding carboxylic acids is 1. The van der Waals surface area contributed by atoms with Crippen LogP contribution in [0.2, 0.25) is 0 Å². The van der Waals surface area contributed by atoms with E-state index in [-0.39, 0.29) is 16.9 Å². The van der Waals surface area contributed by atoms with Gasteiger partial charge in [0.2, 0.25) is 0 Å². The molecule has 0 aliphatic carbocycles. The third kappa shape index (κ3) is 3.31. The molecule has 2 rings (SSSR count). The Hall–Kier alpha value is -2.56. The van der Waals surface area contributed by atoms with Crippen molar-refractivity contribution < 1.29 is 9.18 Å². The predicted octanol–water partition coefficient (Wildman–Crippen LogP) is 2.68. The molecule has 0 aliphatic heterocycles. The predicted molar refractivity (Wildman–Crippen MR) is 82.5 cm³/mol. The Bertz CT molecular complexity index is 671. The van der Waals surface area contributed by atoms with Crippen LogP contribution in [0, 0.1) is 5.82 Å². The van der Waals surface area contributed by atoms with Crippen LogP contribution in [0.4, 0.5) is 15.8 Å². The number of nitrogens with two attached hydrogens (primary N) is 2. The van der Waals surface area contributed by atoms with Crippen molar-refractivity contribution in [3.63, 3.8) is 0 Å². The highest BCUT2D eigenvalue weighted by Gasteiger charge is 2.12. The van der Waals surface area contributed by atoms with Gasteiger partial charge in [-0.15, -0.1) is 0 Å². The monoisotopic (exact) mass is 287 g/mol. The highest BCUT2D eigenvalue weighted by Crippen LogP contribution is 2.23. The lowest BCUT2D eigenvalue weighted by Crippen LogP contribution is -2.15. The van der Waals surface area contributed by atoms with Crippen LogP contribution in [0.15, 0.2) is 36.4 Å². The molecular formula is C16H18FN3O. The van der Waals surface area contributed by atoms with Crippen molar-refractivity contribution in [1.82, 2.24) is 0 Å². The largest absolute Gasteiger partial charge is 0.398 e. The van der Waals surface area contributed by atoms with Crippen LogP contribution in [0.5, 0.6) is 0 Å². The summed E-state index contributed by atoms with van der Waals surface area (Å²) in [6, 6.07) is 10.4. The van der Waals surface area contributed by atoms with E-state index in [1.807, 2.05) is 24.3 Å². The molecule has 5 heteroatoms. The van der Waals surface area contributed by atoms with E-state index >= 15 is 0 Å². The summed E-state index contributed by atoms with van der Waals surface area (Å²) < 4.78 is 13.9. The maximum atomic E-state index is 13.9. The molecule has 0 spiro atoms. The van der Waals surface area contributed by atoms with E-state index in [1.54, 1.807) is 0 Å². The van der Waals surface area contributed by atoms with Gasteiger partial charge in [0.05, 0.1) is 11.3 Å². The lowest BCUT2D eigenvalue weighted by atomic mass is 10.1. The minimum atomic E-state index is -0.676. The van der Waals surface area contributed by atoms with Gasteiger partial charge in [-0.05, 0) is 29.7 Å². The van der Waals surface area contributed by atoms with Crippen molar-refractivity contribution in [3.05, 3.63) is 58.9 Å². The molecule has 21 heavy (non-hydrogen) atoms. The van der Waals surface area contributed by atoms with E-state index in [9.17, 15) is 9.18 Å². The molecule has 0 unspecified atom stereocenters. The second-order valence-corrected chi connectivity index (χ2v) is 4.76. The van der Waals surface area contributed by atoms with Gasteiger partial charge in [0.25, 0.3) is 5.91 Å². The Balaban J connectivity index is 2.24. The van der Waals surface area contributed by atoms with E-state index < -0.39 is 11.7 Å². The molecule has 0 bridgehead atoms. The quantitative estimate of drug-likeness (QED) is 0.739. The van der Waals surface area contributed by atoms with Gasteiger partial charge in [-0.1, -0.05) is 31.2 Å². The number of halogens is 1. The van der Waals surface area contributed by atoms with Gasteiger partial charge in [-0.2, -0.15) is 0 Å². The van der Waals surface area contributed by atoms with E-state index in [1.165, 1.54) is 11.6 Å². The number of nitrogens with one attached hydrogen (secondary N) is 1. The summed E-state index contributed by atoms with van der Waals surface area (Å²) in [6.45, 7) is 2.52. The molecule has 0 fully saturated rings. The number of carbonyl (C=O) groups is 1. The number of hydrogen-bond acceptors (Lipinski definition) is 3. The molecule has 0 aliphatic rings. The molecule has 110 valence electrons. The van der Waals surface area contributed by atoms with Crippen LogP contribution >= 0.6 is 0 Å². The number of primary amides is 1. The molecule has 0 aromatic heterocycles. The number of benzene rings is 2. The average molecular weight is 287 g/mol. The molecule has 2 aromatic rings. The zero-order chi connectivity index (χ0) is 15.4. The topological polar surface area (TPSA) is 81.1 Å². The van der Waals surface area contributed by atoms with Crippen LogP contribution in [-0.2, 0) is 13.0 Å². The van der Waals surface area contributed by atoms with Gasteiger partial charge in [-0.3, -0.25) is 4.79 Å². The van der Waals surface area contributed by atoms with Gasteiger partial charge in [0, 0.05) is 12.2 Å². The van der Waals surface area contributed by atoms with Crippen molar-refractivity contribution >= 4 is 17.3 Å². The summed E-state index contributed by atoms with van der Waals surface area (Å²) in [5.41, 5.74) is 13.4. The van der Waals surface area contributed by atoms with E-state index in [0.29, 0.717) is 6.54 Å². The molecule has 0 heterocycles. The first kappa shape index (κ1) is 14.8. The molecule has 1 amide bonds. The normalized spacial score (nSPS) is 10.4. The van der Waals surface area contributed by atoms with Crippen LogP contribution in [0.1, 0.15) is 28.4 Å². The lowest BCUT2D eigenvalue weighted by Gasteiger charge is -2.12. The van der Waals surface area contributed by atoms with Crippen LogP contribution in [0.25, 0.3) is 0 Å². The minimum absolute atomic E-state index is 0.0412. The maximum absolute atomic E-state index is 13.9. The molecular weight excluding hydrogens is 269 g/mol. The fourth-order valence-electron chi connectivity index (χ4n) is 2.20. The Labute approximate surface area is 123 Å². The molecule has 0 saturated carbocycles. The fraction of sp³-hybridized carbons (Fsp3) is 0.188. The maximum Gasteiger partial charge on any atom is 0.250 e. The highest BCUT2D eigenvalue weighted by atomic mass is 19.1. The summed E-state index contributed by atoms with van der Waals surface area (Å²) in [5, 5.41) is 2.99. The first-order chi connectivity index (χ1) is 10.0. The smallest absolute Gasteiger partial charge is 0.250 e. The molecule has 0 saturated heterocycles. The Morgan fingerprint density at radius 3 is 2.52 bits per heavy atom. The summed E-state index contributed by atoms with van der Waals surface area (Å²) >= 11 is 0. The highest BCUT2D eigenvalue weighted by molar-refractivity contribution is 5.99. The fourth-order valence-corrected chi connectivity index (χ4v) is 2.20. The number of aryl methyl sites for hydroxylation is 1. The van der Waals surface area contributed by atoms with Gasteiger partial charge in [0.15, 0.2) is 0 Å². The SMILES string of the molecule is CCc1ccccc1CNc1cc(C(N)=O)c(N)cc1F.